The van der Waals surface area contributed by atoms with Crippen molar-refractivity contribution in [3.63, 3.8) is 0 Å². The number of ether oxygens (including phenoxy) is 1. The lowest BCUT2D eigenvalue weighted by atomic mass is 10.3. The van der Waals surface area contributed by atoms with Gasteiger partial charge in [-0.2, -0.15) is 0 Å². The SMILES string of the molecule is COc1ccc(SCC(=O)Nc2ccc(NC(C)=O)cc2)cc1. The van der Waals surface area contributed by atoms with Crippen molar-refractivity contribution >= 4 is 35.0 Å². The minimum atomic E-state index is -0.127. The Morgan fingerprint density at radius 3 is 2.04 bits per heavy atom. The molecule has 0 atom stereocenters. The zero-order chi connectivity index (χ0) is 16.7. The van der Waals surface area contributed by atoms with E-state index in [9.17, 15) is 9.59 Å². The molecule has 0 bridgehead atoms. The predicted molar refractivity (Wildman–Crippen MR) is 93.1 cm³/mol. The fourth-order valence-electron chi connectivity index (χ4n) is 1.86. The van der Waals surface area contributed by atoms with E-state index in [1.165, 1.54) is 18.7 Å². The molecule has 0 spiro atoms. The second-order valence-electron chi connectivity index (χ2n) is 4.77. The van der Waals surface area contributed by atoms with Crippen molar-refractivity contribution in [1.29, 1.82) is 0 Å². The fourth-order valence-corrected chi connectivity index (χ4v) is 2.56. The number of carbonyl (C=O) groups is 2. The molecule has 2 rings (SSSR count). The molecule has 0 aliphatic rings. The lowest BCUT2D eigenvalue weighted by molar-refractivity contribution is -0.114. The quantitative estimate of drug-likeness (QED) is 0.797. The maximum atomic E-state index is 11.9. The number of hydrogen-bond donors (Lipinski definition) is 2. The predicted octanol–water partition coefficient (Wildman–Crippen LogP) is 3.38. The summed E-state index contributed by atoms with van der Waals surface area (Å²) >= 11 is 1.45. The normalized spacial score (nSPS) is 10.0. The van der Waals surface area contributed by atoms with Gasteiger partial charge in [-0.1, -0.05) is 0 Å². The van der Waals surface area contributed by atoms with Gasteiger partial charge in [-0.05, 0) is 48.5 Å². The van der Waals surface area contributed by atoms with Gasteiger partial charge in [0.15, 0.2) is 0 Å². The van der Waals surface area contributed by atoms with Gasteiger partial charge in [0.1, 0.15) is 5.75 Å². The summed E-state index contributed by atoms with van der Waals surface area (Å²) in [4.78, 5) is 23.9. The van der Waals surface area contributed by atoms with Crippen LogP contribution in [0.3, 0.4) is 0 Å². The van der Waals surface area contributed by atoms with Gasteiger partial charge in [-0.25, -0.2) is 0 Å². The maximum Gasteiger partial charge on any atom is 0.234 e. The Bertz CT molecular complexity index is 669. The number of carbonyl (C=O) groups excluding carboxylic acids is 2. The molecule has 2 amide bonds. The smallest absolute Gasteiger partial charge is 0.234 e. The summed E-state index contributed by atoms with van der Waals surface area (Å²) in [6, 6.07) is 14.5. The fraction of sp³-hybridized carbons (Fsp3) is 0.176. The summed E-state index contributed by atoms with van der Waals surface area (Å²) in [6.45, 7) is 1.45. The average molecular weight is 330 g/mol. The number of amides is 2. The van der Waals surface area contributed by atoms with Crippen molar-refractivity contribution in [2.75, 3.05) is 23.5 Å². The van der Waals surface area contributed by atoms with E-state index < -0.39 is 0 Å². The van der Waals surface area contributed by atoms with Crippen LogP contribution in [0.5, 0.6) is 5.75 Å². The topological polar surface area (TPSA) is 67.4 Å². The Labute approximate surface area is 139 Å². The van der Waals surface area contributed by atoms with Crippen LogP contribution in [-0.2, 0) is 9.59 Å². The maximum absolute atomic E-state index is 11.9. The van der Waals surface area contributed by atoms with Crippen LogP contribution < -0.4 is 15.4 Å². The minimum Gasteiger partial charge on any atom is -0.497 e. The van der Waals surface area contributed by atoms with E-state index in [0.29, 0.717) is 17.1 Å². The number of anilines is 2. The first-order chi connectivity index (χ1) is 11.1. The summed E-state index contributed by atoms with van der Waals surface area (Å²) in [5.74, 6) is 0.897. The Hall–Kier alpha value is -2.47. The van der Waals surface area contributed by atoms with Crippen molar-refractivity contribution in [2.24, 2.45) is 0 Å². The van der Waals surface area contributed by atoms with Gasteiger partial charge in [0, 0.05) is 23.2 Å². The van der Waals surface area contributed by atoms with Gasteiger partial charge < -0.3 is 15.4 Å². The van der Waals surface area contributed by atoms with E-state index in [0.717, 1.165) is 10.6 Å². The molecule has 2 aromatic carbocycles. The molecule has 5 nitrogen and oxygen atoms in total. The van der Waals surface area contributed by atoms with Crippen molar-refractivity contribution in [3.05, 3.63) is 48.5 Å². The third-order valence-electron chi connectivity index (χ3n) is 2.92. The molecule has 120 valence electrons. The van der Waals surface area contributed by atoms with E-state index in [4.69, 9.17) is 4.74 Å². The molecule has 0 aromatic heterocycles. The minimum absolute atomic E-state index is 0.0851. The molecular weight excluding hydrogens is 312 g/mol. The molecule has 0 aliphatic heterocycles. The lowest BCUT2D eigenvalue weighted by Gasteiger charge is -2.07. The van der Waals surface area contributed by atoms with Crippen LogP contribution in [0.15, 0.2) is 53.4 Å². The molecule has 6 heteroatoms. The number of hydrogen-bond acceptors (Lipinski definition) is 4. The van der Waals surface area contributed by atoms with Crippen LogP contribution >= 0.6 is 11.8 Å². The number of methoxy groups -OCH3 is 1. The third kappa shape index (κ3) is 5.67. The van der Waals surface area contributed by atoms with Crippen molar-refractivity contribution in [3.8, 4) is 5.75 Å². The number of benzene rings is 2. The molecule has 0 heterocycles. The Morgan fingerprint density at radius 1 is 0.957 bits per heavy atom. The van der Waals surface area contributed by atoms with Crippen LogP contribution in [0, 0.1) is 0 Å². The van der Waals surface area contributed by atoms with E-state index >= 15 is 0 Å². The highest BCUT2D eigenvalue weighted by Gasteiger charge is 2.04. The van der Waals surface area contributed by atoms with Crippen molar-refractivity contribution in [2.45, 2.75) is 11.8 Å². The van der Waals surface area contributed by atoms with E-state index in [2.05, 4.69) is 10.6 Å². The number of thioether (sulfide) groups is 1. The Kier molecular flexibility index (Phi) is 6.05. The van der Waals surface area contributed by atoms with Crippen molar-refractivity contribution < 1.29 is 14.3 Å². The van der Waals surface area contributed by atoms with Crippen LogP contribution in [0.1, 0.15) is 6.92 Å². The van der Waals surface area contributed by atoms with Crippen LogP contribution in [0.2, 0.25) is 0 Å². The average Bonchev–Trinajstić information content (AvgIpc) is 2.55. The first-order valence-electron chi connectivity index (χ1n) is 7.01. The summed E-state index contributed by atoms with van der Waals surface area (Å²) in [5.41, 5.74) is 1.39. The summed E-state index contributed by atoms with van der Waals surface area (Å²) in [6.07, 6.45) is 0. The zero-order valence-corrected chi connectivity index (χ0v) is 13.8. The van der Waals surface area contributed by atoms with Gasteiger partial charge in [0.05, 0.1) is 12.9 Å². The van der Waals surface area contributed by atoms with E-state index in [1.54, 1.807) is 31.4 Å². The summed E-state index contributed by atoms with van der Waals surface area (Å²) < 4.78 is 5.09. The first-order valence-corrected chi connectivity index (χ1v) is 8.00. The first kappa shape index (κ1) is 16.9. The highest BCUT2D eigenvalue weighted by molar-refractivity contribution is 8.00. The highest BCUT2D eigenvalue weighted by Crippen LogP contribution is 2.21. The Morgan fingerprint density at radius 2 is 1.52 bits per heavy atom. The number of nitrogens with one attached hydrogen (secondary N) is 2. The molecule has 0 saturated carbocycles. The third-order valence-corrected chi connectivity index (χ3v) is 3.93. The second kappa shape index (κ2) is 8.24. The monoisotopic (exact) mass is 330 g/mol. The molecule has 2 aromatic rings. The highest BCUT2D eigenvalue weighted by atomic mass is 32.2. The van der Waals surface area contributed by atoms with Gasteiger partial charge >= 0.3 is 0 Å². The standard InChI is InChI=1S/C17H18N2O3S/c1-12(20)18-13-3-5-14(6-4-13)19-17(21)11-23-16-9-7-15(22-2)8-10-16/h3-10H,11H2,1-2H3,(H,18,20)(H,19,21). The van der Waals surface area contributed by atoms with Crippen LogP contribution in [-0.4, -0.2) is 24.7 Å². The zero-order valence-electron chi connectivity index (χ0n) is 13.0. The molecule has 2 N–H and O–H groups in total. The van der Waals surface area contributed by atoms with Gasteiger partial charge in [-0.3, -0.25) is 9.59 Å². The van der Waals surface area contributed by atoms with Gasteiger partial charge in [0.25, 0.3) is 0 Å². The molecule has 0 aliphatic carbocycles. The molecule has 0 fully saturated rings. The summed E-state index contributed by atoms with van der Waals surface area (Å²) in [7, 11) is 1.62. The molecule has 0 radical (unpaired) electrons. The van der Waals surface area contributed by atoms with Gasteiger partial charge in [-0.15, -0.1) is 11.8 Å². The molecular formula is C17H18N2O3S. The van der Waals surface area contributed by atoms with Crippen LogP contribution in [0.25, 0.3) is 0 Å². The number of rotatable bonds is 6. The van der Waals surface area contributed by atoms with Crippen LogP contribution in [0.4, 0.5) is 11.4 Å². The lowest BCUT2D eigenvalue weighted by Crippen LogP contribution is -2.14. The molecule has 0 saturated heterocycles. The Balaban J connectivity index is 1.82. The van der Waals surface area contributed by atoms with Gasteiger partial charge in [0.2, 0.25) is 11.8 Å². The summed E-state index contributed by atoms with van der Waals surface area (Å²) in [5, 5.41) is 5.49. The molecule has 0 unspecified atom stereocenters. The largest absolute Gasteiger partial charge is 0.497 e. The van der Waals surface area contributed by atoms with E-state index in [-0.39, 0.29) is 11.8 Å². The van der Waals surface area contributed by atoms with Crippen molar-refractivity contribution in [1.82, 2.24) is 0 Å². The second-order valence-corrected chi connectivity index (χ2v) is 5.82. The molecule has 23 heavy (non-hydrogen) atoms. The van der Waals surface area contributed by atoms with E-state index in [1.807, 2.05) is 24.3 Å².